The van der Waals surface area contributed by atoms with Crippen molar-refractivity contribution in [2.24, 2.45) is 5.41 Å². The Morgan fingerprint density at radius 2 is 2.29 bits per heavy atom. The van der Waals surface area contributed by atoms with E-state index in [1.807, 2.05) is 24.0 Å². The first kappa shape index (κ1) is 10.8. The van der Waals surface area contributed by atoms with E-state index >= 15 is 0 Å². The summed E-state index contributed by atoms with van der Waals surface area (Å²) in [6, 6.07) is 4.10. The summed E-state index contributed by atoms with van der Waals surface area (Å²) >= 11 is 9.61. The third kappa shape index (κ3) is 2.67. The van der Waals surface area contributed by atoms with E-state index in [1.165, 1.54) is 12.8 Å². The molecular formula is C10H12BrNS2. The van der Waals surface area contributed by atoms with Crippen molar-refractivity contribution >= 4 is 40.3 Å². The highest BCUT2D eigenvalue weighted by molar-refractivity contribution is 9.10. The second-order valence-corrected chi connectivity index (χ2v) is 5.99. The first-order valence-corrected chi connectivity index (χ1v) is 7.00. The van der Waals surface area contributed by atoms with E-state index in [2.05, 4.69) is 39.6 Å². The predicted octanol–water partition coefficient (Wildman–Crippen LogP) is 3.65. The van der Waals surface area contributed by atoms with Gasteiger partial charge < -0.3 is 0 Å². The van der Waals surface area contributed by atoms with Gasteiger partial charge in [-0.3, -0.25) is 0 Å². The molecule has 14 heavy (non-hydrogen) atoms. The predicted molar refractivity (Wildman–Crippen MR) is 68.2 cm³/mol. The lowest BCUT2D eigenvalue weighted by Crippen LogP contribution is -2.05. The Kier molecular flexibility index (Phi) is 3.45. The van der Waals surface area contributed by atoms with Gasteiger partial charge in [-0.15, -0.1) is 11.8 Å². The number of aromatic nitrogens is 1. The van der Waals surface area contributed by atoms with Crippen LogP contribution in [0.4, 0.5) is 0 Å². The zero-order valence-electron chi connectivity index (χ0n) is 7.74. The summed E-state index contributed by atoms with van der Waals surface area (Å²) in [5, 5.41) is 1.11. The molecule has 0 saturated heterocycles. The minimum absolute atomic E-state index is 0.516. The van der Waals surface area contributed by atoms with E-state index in [4.69, 9.17) is 0 Å². The van der Waals surface area contributed by atoms with Gasteiger partial charge in [0, 0.05) is 16.4 Å². The Balaban J connectivity index is 1.89. The van der Waals surface area contributed by atoms with Crippen molar-refractivity contribution in [3.8, 4) is 0 Å². The van der Waals surface area contributed by atoms with Crippen LogP contribution in [0.1, 0.15) is 12.8 Å². The summed E-state index contributed by atoms with van der Waals surface area (Å²) in [6.45, 7) is 0. The molecule has 0 aliphatic heterocycles. The van der Waals surface area contributed by atoms with Crippen molar-refractivity contribution in [1.82, 2.24) is 4.98 Å². The Bertz CT molecular complexity index is 308. The molecule has 0 N–H and O–H groups in total. The van der Waals surface area contributed by atoms with Crippen LogP contribution in [0.25, 0.3) is 0 Å². The molecule has 1 fully saturated rings. The molecule has 1 aromatic rings. The highest BCUT2D eigenvalue weighted by Gasteiger charge is 2.40. The van der Waals surface area contributed by atoms with Gasteiger partial charge in [0.2, 0.25) is 0 Å². The van der Waals surface area contributed by atoms with Crippen LogP contribution in [-0.4, -0.2) is 16.5 Å². The van der Waals surface area contributed by atoms with E-state index in [0.29, 0.717) is 5.41 Å². The third-order valence-electron chi connectivity index (χ3n) is 2.52. The summed E-state index contributed by atoms with van der Waals surface area (Å²) < 4.78 is 1.04. The van der Waals surface area contributed by atoms with E-state index in [1.54, 1.807) is 0 Å². The highest BCUT2D eigenvalue weighted by atomic mass is 79.9. The number of halogens is 1. The van der Waals surface area contributed by atoms with Gasteiger partial charge in [-0.25, -0.2) is 4.98 Å². The number of thiol groups is 1. The number of thioether (sulfide) groups is 1. The Hall–Kier alpha value is 0.330. The number of pyridine rings is 1. The molecule has 0 atom stereocenters. The molecule has 0 unspecified atom stereocenters. The van der Waals surface area contributed by atoms with Crippen LogP contribution in [0.15, 0.2) is 27.8 Å². The van der Waals surface area contributed by atoms with Gasteiger partial charge in [0.15, 0.2) is 0 Å². The second-order valence-electron chi connectivity index (χ2n) is 3.76. The molecule has 0 radical (unpaired) electrons. The zero-order valence-corrected chi connectivity index (χ0v) is 11.0. The quantitative estimate of drug-likeness (QED) is 0.671. The maximum Gasteiger partial charge on any atom is 0.0960 e. The van der Waals surface area contributed by atoms with Crippen LogP contribution in [0.2, 0.25) is 0 Å². The van der Waals surface area contributed by atoms with Crippen molar-refractivity contribution in [1.29, 1.82) is 0 Å². The molecule has 1 nitrogen and oxygen atoms in total. The summed E-state index contributed by atoms with van der Waals surface area (Å²) in [5.74, 6) is 2.17. The van der Waals surface area contributed by atoms with Crippen LogP contribution in [0.3, 0.4) is 0 Å². The van der Waals surface area contributed by atoms with Crippen LogP contribution in [0, 0.1) is 5.41 Å². The average Bonchev–Trinajstić information content (AvgIpc) is 2.98. The molecule has 0 amide bonds. The average molecular weight is 290 g/mol. The lowest BCUT2D eigenvalue weighted by atomic mass is 10.2. The first-order chi connectivity index (χ1) is 6.74. The molecular weight excluding hydrogens is 278 g/mol. The summed E-state index contributed by atoms with van der Waals surface area (Å²) in [5.41, 5.74) is 0.516. The topological polar surface area (TPSA) is 12.9 Å². The summed E-state index contributed by atoms with van der Waals surface area (Å²) in [7, 11) is 0. The molecule has 1 aliphatic carbocycles. The fourth-order valence-electron chi connectivity index (χ4n) is 1.20. The maximum absolute atomic E-state index is 4.39. The van der Waals surface area contributed by atoms with Gasteiger partial charge in [0.25, 0.3) is 0 Å². The smallest absolute Gasteiger partial charge is 0.0960 e. The van der Waals surface area contributed by atoms with Crippen molar-refractivity contribution in [2.75, 3.05) is 11.5 Å². The van der Waals surface area contributed by atoms with Crippen molar-refractivity contribution in [3.63, 3.8) is 0 Å². The van der Waals surface area contributed by atoms with E-state index < -0.39 is 0 Å². The zero-order chi connectivity index (χ0) is 10.0. The van der Waals surface area contributed by atoms with Gasteiger partial charge in [-0.1, -0.05) is 0 Å². The van der Waals surface area contributed by atoms with Gasteiger partial charge in [0.1, 0.15) is 0 Å². The number of nitrogens with zero attached hydrogens (tertiary/aromatic N) is 1. The SMILES string of the molecule is SCC1(CSc2ccc(Br)cn2)CC1. The maximum atomic E-state index is 4.39. The molecule has 2 rings (SSSR count). The lowest BCUT2D eigenvalue weighted by molar-refractivity contribution is 0.682. The lowest BCUT2D eigenvalue weighted by Gasteiger charge is -2.09. The van der Waals surface area contributed by atoms with Gasteiger partial charge in [-0.2, -0.15) is 12.6 Å². The Morgan fingerprint density at radius 1 is 1.50 bits per heavy atom. The van der Waals surface area contributed by atoms with Crippen molar-refractivity contribution < 1.29 is 0 Å². The van der Waals surface area contributed by atoms with Crippen molar-refractivity contribution in [3.05, 3.63) is 22.8 Å². The van der Waals surface area contributed by atoms with Crippen LogP contribution in [0.5, 0.6) is 0 Å². The largest absolute Gasteiger partial charge is 0.249 e. The minimum Gasteiger partial charge on any atom is -0.249 e. The molecule has 1 aromatic heterocycles. The molecule has 76 valence electrons. The van der Waals surface area contributed by atoms with Crippen LogP contribution >= 0.6 is 40.3 Å². The molecule has 0 spiro atoms. The standard InChI is InChI=1S/C10H12BrNS2/c11-8-1-2-9(12-5-8)14-7-10(6-13)3-4-10/h1-2,5,13H,3-4,6-7H2. The minimum atomic E-state index is 0.516. The molecule has 1 heterocycles. The fraction of sp³-hybridized carbons (Fsp3) is 0.500. The molecule has 0 bridgehead atoms. The van der Waals surface area contributed by atoms with Gasteiger partial charge >= 0.3 is 0 Å². The molecule has 1 saturated carbocycles. The van der Waals surface area contributed by atoms with Gasteiger partial charge in [-0.05, 0) is 52.1 Å². The second kappa shape index (κ2) is 4.45. The number of hydrogen-bond acceptors (Lipinski definition) is 3. The van der Waals surface area contributed by atoms with Crippen LogP contribution < -0.4 is 0 Å². The highest BCUT2D eigenvalue weighted by Crippen LogP contribution is 2.49. The van der Waals surface area contributed by atoms with Gasteiger partial charge in [0.05, 0.1) is 5.03 Å². The molecule has 4 heteroatoms. The first-order valence-electron chi connectivity index (χ1n) is 4.59. The van der Waals surface area contributed by atoms with E-state index in [0.717, 1.165) is 21.0 Å². The summed E-state index contributed by atoms with van der Waals surface area (Å²) in [6.07, 6.45) is 4.52. The Morgan fingerprint density at radius 3 is 2.79 bits per heavy atom. The third-order valence-corrected chi connectivity index (χ3v) is 4.95. The molecule has 1 aliphatic rings. The summed E-state index contributed by atoms with van der Waals surface area (Å²) in [4.78, 5) is 4.33. The monoisotopic (exact) mass is 289 g/mol. The van der Waals surface area contributed by atoms with E-state index in [-0.39, 0.29) is 0 Å². The Labute approximate surface area is 103 Å². The normalized spacial score (nSPS) is 18.1. The van der Waals surface area contributed by atoms with E-state index in [9.17, 15) is 0 Å². The fourth-order valence-corrected chi connectivity index (χ4v) is 3.15. The van der Waals surface area contributed by atoms with Crippen molar-refractivity contribution in [2.45, 2.75) is 17.9 Å². The number of hydrogen-bond donors (Lipinski definition) is 1. The number of rotatable bonds is 4. The molecule has 0 aromatic carbocycles. The van der Waals surface area contributed by atoms with Crippen LogP contribution in [-0.2, 0) is 0 Å².